The fourth-order valence-electron chi connectivity index (χ4n) is 2.04. The summed E-state index contributed by atoms with van der Waals surface area (Å²) in [7, 11) is 1.63. The Bertz CT molecular complexity index is 357. The first-order valence-corrected chi connectivity index (χ1v) is 6.23. The Morgan fingerprint density at radius 1 is 1.61 bits per heavy atom. The molecule has 1 aromatic heterocycles. The van der Waals surface area contributed by atoms with E-state index in [4.69, 9.17) is 13.9 Å². The van der Waals surface area contributed by atoms with E-state index < -0.39 is 0 Å². The van der Waals surface area contributed by atoms with Crippen LogP contribution in [0, 0.1) is 0 Å². The molecule has 1 saturated heterocycles. The van der Waals surface area contributed by atoms with Crippen LogP contribution in [0.5, 0.6) is 0 Å². The summed E-state index contributed by atoms with van der Waals surface area (Å²) in [6, 6.07) is 3.68. The van der Waals surface area contributed by atoms with Crippen LogP contribution >= 0.6 is 0 Å². The van der Waals surface area contributed by atoms with Crippen molar-refractivity contribution in [3.63, 3.8) is 0 Å². The van der Waals surface area contributed by atoms with E-state index in [2.05, 4.69) is 0 Å². The second-order valence-corrected chi connectivity index (χ2v) is 4.33. The van der Waals surface area contributed by atoms with Crippen LogP contribution in [0.4, 0.5) is 0 Å². The summed E-state index contributed by atoms with van der Waals surface area (Å²) >= 11 is 0. The molecule has 1 fully saturated rings. The quantitative estimate of drug-likeness (QED) is 0.769. The van der Waals surface area contributed by atoms with Crippen LogP contribution in [-0.4, -0.2) is 43.8 Å². The Labute approximate surface area is 107 Å². The number of amides is 1. The van der Waals surface area contributed by atoms with Gasteiger partial charge in [-0.1, -0.05) is 0 Å². The zero-order valence-corrected chi connectivity index (χ0v) is 10.6. The summed E-state index contributed by atoms with van der Waals surface area (Å²) in [4.78, 5) is 14.0. The zero-order chi connectivity index (χ0) is 12.8. The molecule has 0 aliphatic carbocycles. The molecule has 2 heterocycles. The summed E-state index contributed by atoms with van der Waals surface area (Å²) in [5, 5.41) is 0. The average Bonchev–Trinajstić information content (AvgIpc) is 3.06. The third-order valence-corrected chi connectivity index (χ3v) is 3.01. The highest BCUT2D eigenvalue weighted by atomic mass is 16.5. The van der Waals surface area contributed by atoms with Crippen LogP contribution in [0.1, 0.15) is 18.6 Å². The number of carbonyl (C=O) groups is 1. The van der Waals surface area contributed by atoms with E-state index in [9.17, 15) is 4.79 Å². The van der Waals surface area contributed by atoms with Crippen molar-refractivity contribution in [1.82, 2.24) is 4.90 Å². The number of hydrogen-bond acceptors (Lipinski definition) is 4. The first kappa shape index (κ1) is 13.1. The lowest BCUT2D eigenvalue weighted by Gasteiger charge is -2.24. The van der Waals surface area contributed by atoms with Gasteiger partial charge in [0.15, 0.2) is 0 Å². The second kappa shape index (κ2) is 6.56. The van der Waals surface area contributed by atoms with Gasteiger partial charge in [0.1, 0.15) is 11.9 Å². The maximum atomic E-state index is 12.3. The minimum atomic E-state index is -0.295. The molecule has 18 heavy (non-hydrogen) atoms. The Morgan fingerprint density at radius 3 is 3.11 bits per heavy atom. The Balaban J connectivity index is 1.96. The van der Waals surface area contributed by atoms with Gasteiger partial charge in [0.25, 0.3) is 5.91 Å². The van der Waals surface area contributed by atoms with E-state index in [-0.39, 0.29) is 12.0 Å². The third kappa shape index (κ3) is 3.34. The van der Waals surface area contributed by atoms with Crippen molar-refractivity contribution in [2.75, 3.05) is 26.9 Å². The molecule has 2 rings (SSSR count). The largest absolute Gasteiger partial charge is 0.467 e. The standard InChI is InChI=1S/C13H19NO4/c1-16-9-6-14(10-11-4-2-7-17-11)13(15)12-5-3-8-18-12/h2,4,7,12H,3,5-6,8-10H2,1H3/t12-/m1/s1. The second-order valence-electron chi connectivity index (χ2n) is 4.33. The minimum Gasteiger partial charge on any atom is -0.467 e. The molecule has 5 nitrogen and oxygen atoms in total. The van der Waals surface area contributed by atoms with E-state index in [1.54, 1.807) is 18.3 Å². The predicted octanol–water partition coefficient (Wildman–Crippen LogP) is 1.43. The molecule has 1 aromatic rings. The molecule has 1 atom stereocenters. The Morgan fingerprint density at radius 2 is 2.50 bits per heavy atom. The van der Waals surface area contributed by atoms with Crippen LogP contribution in [0.3, 0.4) is 0 Å². The highest BCUT2D eigenvalue weighted by Crippen LogP contribution is 2.16. The van der Waals surface area contributed by atoms with Crippen molar-refractivity contribution in [3.05, 3.63) is 24.2 Å². The zero-order valence-electron chi connectivity index (χ0n) is 10.6. The molecule has 0 bridgehead atoms. The molecule has 0 N–H and O–H groups in total. The van der Waals surface area contributed by atoms with E-state index in [1.165, 1.54) is 0 Å². The fraction of sp³-hybridized carbons (Fsp3) is 0.615. The molecule has 1 aliphatic rings. The number of hydrogen-bond donors (Lipinski definition) is 0. The number of rotatable bonds is 6. The van der Waals surface area contributed by atoms with Gasteiger partial charge in [-0.15, -0.1) is 0 Å². The molecule has 1 aliphatic heterocycles. The van der Waals surface area contributed by atoms with Gasteiger partial charge in [-0.05, 0) is 25.0 Å². The van der Waals surface area contributed by atoms with E-state index in [1.807, 2.05) is 12.1 Å². The van der Waals surface area contributed by atoms with Crippen molar-refractivity contribution in [2.45, 2.75) is 25.5 Å². The van der Waals surface area contributed by atoms with Crippen LogP contribution in [0.25, 0.3) is 0 Å². The molecular formula is C13H19NO4. The summed E-state index contributed by atoms with van der Waals surface area (Å²) in [6.07, 6.45) is 3.08. The smallest absolute Gasteiger partial charge is 0.252 e. The normalized spacial score (nSPS) is 19.1. The van der Waals surface area contributed by atoms with Gasteiger partial charge in [-0.2, -0.15) is 0 Å². The average molecular weight is 253 g/mol. The topological polar surface area (TPSA) is 51.9 Å². The number of ether oxygens (including phenoxy) is 2. The third-order valence-electron chi connectivity index (χ3n) is 3.01. The molecular weight excluding hydrogens is 234 g/mol. The minimum absolute atomic E-state index is 0.0287. The molecule has 0 radical (unpaired) electrons. The monoisotopic (exact) mass is 253 g/mol. The van der Waals surface area contributed by atoms with Gasteiger partial charge in [0.2, 0.25) is 0 Å². The SMILES string of the molecule is COCCN(Cc1ccco1)C(=O)[C@H]1CCCO1. The van der Waals surface area contributed by atoms with Gasteiger partial charge in [-0.3, -0.25) is 4.79 Å². The summed E-state index contributed by atoms with van der Waals surface area (Å²) < 4.78 is 15.8. The lowest BCUT2D eigenvalue weighted by atomic mass is 10.2. The summed E-state index contributed by atoms with van der Waals surface area (Å²) in [6.45, 7) is 2.21. The summed E-state index contributed by atoms with van der Waals surface area (Å²) in [5.41, 5.74) is 0. The maximum absolute atomic E-state index is 12.3. The van der Waals surface area contributed by atoms with Crippen molar-refractivity contribution in [3.8, 4) is 0 Å². The van der Waals surface area contributed by atoms with Gasteiger partial charge >= 0.3 is 0 Å². The van der Waals surface area contributed by atoms with Crippen LogP contribution in [0.2, 0.25) is 0 Å². The van der Waals surface area contributed by atoms with E-state index in [0.717, 1.165) is 18.6 Å². The van der Waals surface area contributed by atoms with Gasteiger partial charge in [0.05, 0.1) is 19.4 Å². The Kier molecular flexibility index (Phi) is 4.78. The number of nitrogens with zero attached hydrogens (tertiary/aromatic N) is 1. The van der Waals surface area contributed by atoms with Crippen LogP contribution in [0.15, 0.2) is 22.8 Å². The molecule has 0 aromatic carbocycles. The van der Waals surface area contributed by atoms with Crippen molar-refractivity contribution < 1.29 is 18.7 Å². The van der Waals surface area contributed by atoms with Crippen LogP contribution < -0.4 is 0 Å². The highest BCUT2D eigenvalue weighted by molar-refractivity contribution is 5.81. The van der Waals surface area contributed by atoms with E-state index >= 15 is 0 Å². The molecule has 5 heteroatoms. The van der Waals surface area contributed by atoms with E-state index in [0.29, 0.717) is 26.3 Å². The van der Waals surface area contributed by atoms with Crippen molar-refractivity contribution in [2.24, 2.45) is 0 Å². The number of carbonyl (C=O) groups excluding carboxylic acids is 1. The van der Waals surface area contributed by atoms with Crippen LogP contribution in [-0.2, 0) is 20.8 Å². The lowest BCUT2D eigenvalue weighted by Crippen LogP contribution is -2.40. The number of furan rings is 1. The van der Waals surface area contributed by atoms with Gasteiger partial charge in [-0.25, -0.2) is 0 Å². The van der Waals surface area contributed by atoms with Gasteiger partial charge in [0, 0.05) is 20.3 Å². The molecule has 0 spiro atoms. The molecule has 1 amide bonds. The predicted molar refractivity (Wildman–Crippen MR) is 65.0 cm³/mol. The van der Waals surface area contributed by atoms with Crippen molar-refractivity contribution >= 4 is 5.91 Å². The maximum Gasteiger partial charge on any atom is 0.252 e. The van der Waals surface area contributed by atoms with Gasteiger partial charge < -0.3 is 18.8 Å². The first-order valence-electron chi connectivity index (χ1n) is 6.23. The molecule has 100 valence electrons. The lowest BCUT2D eigenvalue weighted by molar-refractivity contribution is -0.142. The van der Waals surface area contributed by atoms with Crippen molar-refractivity contribution in [1.29, 1.82) is 0 Å². The highest BCUT2D eigenvalue weighted by Gasteiger charge is 2.28. The first-order chi connectivity index (χ1) is 8.81. The summed E-state index contributed by atoms with van der Waals surface area (Å²) in [5.74, 6) is 0.804. The number of methoxy groups -OCH3 is 1. The Hall–Kier alpha value is -1.33. The molecule has 0 saturated carbocycles. The fourth-order valence-corrected chi connectivity index (χ4v) is 2.04. The molecule has 0 unspecified atom stereocenters.